The zero-order valence-electron chi connectivity index (χ0n) is 10.9. The Morgan fingerprint density at radius 1 is 0.882 bits per heavy atom. The number of hydrogen-bond donors (Lipinski definition) is 0. The quantitative estimate of drug-likeness (QED) is 0.484. The predicted molar refractivity (Wildman–Crippen MR) is 74.7 cm³/mol. The molecule has 0 aromatic heterocycles. The molecule has 0 bridgehead atoms. The van der Waals surface area contributed by atoms with Crippen LogP contribution in [0.1, 0.15) is 39.5 Å². The minimum atomic E-state index is -0.878. The molecule has 1 rings (SSSR count). The average molecular weight is 254 g/mol. The van der Waals surface area contributed by atoms with E-state index in [-0.39, 0.29) is 0 Å². The summed E-state index contributed by atoms with van der Waals surface area (Å²) in [5.41, 5.74) is 0. The molecule has 3 heteroatoms. The molecule has 0 aliphatic rings. The fourth-order valence-electron chi connectivity index (χ4n) is 1.41. The maximum absolute atomic E-state index is 5.87. The molecule has 1 aromatic rings. The van der Waals surface area contributed by atoms with E-state index in [2.05, 4.69) is 26.0 Å². The molecular formula is C14H23O2P. The summed E-state index contributed by atoms with van der Waals surface area (Å²) in [6, 6.07) is 10.3. The summed E-state index contributed by atoms with van der Waals surface area (Å²) in [6.07, 6.45) is 4.61. The number of rotatable bonds is 9. The van der Waals surface area contributed by atoms with Crippen molar-refractivity contribution in [1.82, 2.24) is 0 Å². The molecule has 0 heterocycles. The van der Waals surface area contributed by atoms with Crippen LogP contribution < -0.4 is 5.30 Å². The van der Waals surface area contributed by atoms with E-state index in [9.17, 15) is 0 Å². The van der Waals surface area contributed by atoms with Gasteiger partial charge in [0.25, 0.3) is 0 Å². The molecule has 1 atom stereocenters. The van der Waals surface area contributed by atoms with Gasteiger partial charge in [0, 0.05) is 5.30 Å². The first-order valence-corrected chi connectivity index (χ1v) is 7.67. The lowest BCUT2D eigenvalue weighted by molar-refractivity contribution is 0.252. The molecule has 17 heavy (non-hydrogen) atoms. The molecule has 0 saturated heterocycles. The first-order chi connectivity index (χ1) is 8.38. The Morgan fingerprint density at radius 3 is 2.24 bits per heavy atom. The molecule has 0 aliphatic heterocycles. The molecular weight excluding hydrogens is 231 g/mol. The van der Waals surface area contributed by atoms with Gasteiger partial charge in [-0.15, -0.1) is 0 Å². The summed E-state index contributed by atoms with van der Waals surface area (Å²) in [4.78, 5) is 0. The highest BCUT2D eigenvalue weighted by Gasteiger charge is 2.12. The molecule has 1 unspecified atom stereocenters. The van der Waals surface area contributed by atoms with Crippen LogP contribution in [-0.4, -0.2) is 13.2 Å². The summed E-state index contributed by atoms with van der Waals surface area (Å²) in [6.45, 7) is 5.90. The van der Waals surface area contributed by atoms with E-state index in [4.69, 9.17) is 9.05 Å². The van der Waals surface area contributed by atoms with Gasteiger partial charge < -0.3 is 9.05 Å². The van der Waals surface area contributed by atoms with E-state index in [1.54, 1.807) is 0 Å². The smallest absolute Gasteiger partial charge is 0.205 e. The summed E-state index contributed by atoms with van der Waals surface area (Å²) in [5.74, 6) is 0. The van der Waals surface area contributed by atoms with Crippen LogP contribution in [0.3, 0.4) is 0 Å². The average Bonchev–Trinajstić information content (AvgIpc) is 2.39. The SMILES string of the molecule is CCCCCOP(OCCC)c1ccccc1. The first kappa shape index (κ1) is 14.6. The van der Waals surface area contributed by atoms with E-state index < -0.39 is 8.38 Å². The summed E-state index contributed by atoms with van der Waals surface area (Å²) >= 11 is 0. The minimum Gasteiger partial charge on any atom is -0.331 e. The van der Waals surface area contributed by atoms with Crippen LogP contribution >= 0.6 is 8.38 Å². The van der Waals surface area contributed by atoms with Crippen molar-refractivity contribution in [2.75, 3.05) is 13.2 Å². The van der Waals surface area contributed by atoms with Crippen molar-refractivity contribution in [3.8, 4) is 0 Å². The molecule has 2 nitrogen and oxygen atoms in total. The Bertz CT molecular complexity index is 277. The van der Waals surface area contributed by atoms with Crippen LogP contribution in [0, 0.1) is 0 Å². The third-order valence-corrected chi connectivity index (χ3v) is 3.89. The van der Waals surface area contributed by atoms with E-state index in [1.807, 2.05) is 18.2 Å². The van der Waals surface area contributed by atoms with Gasteiger partial charge in [-0.05, 0) is 25.0 Å². The van der Waals surface area contributed by atoms with Gasteiger partial charge in [0.15, 0.2) is 0 Å². The van der Waals surface area contributed by atoms with Gasteiger partial charge in [-0.3, -0.25) is 0 Å². The van der Waals surface area contributed by atoms with Crippen molar-refractivity contribution in [1.29, 1.82) is 0 Å². The second-order valence-electron chi connectivity index (χ2n) is 3.97. The van der Waals surface area contributed by atoms with Crippen molar-refractivity contribution in [3.05, 3.63) is 30.3 Å². The van der Waals surface area contributed by atoms with Gasteiger partial charge in [0.05, 0.1) is 13.2 Å². The topological polar surface area (TPSA) is 18.5 Å². The van der Waals surface area contributed by atoms with E-state index in [0.29, 0.717) is 0 Å². The van der Waals surface area contributed by atoms with Crippen LogP contribution in [0.5, 0.6) is 0 Å². The zero-order valence-corrected chi connectivity index (χ0v) is 11.8. The molecule has 0 fully saturated rings. The molecule has 0 radical (unpaired) electrons. The van der Waals surface area contributed by atoms with Crippen molar-refractivity contribution in [2.45, 2.75) is 39.5 Å². The van der Waals surface area contributed by atoms with Crippen molar-refractivity contribution in [2.24, 2.45) is 0 Å². The fourth-order valence-corrected chi connectivity index (χ4v) is 2.84. The molecule has 96 valence electrons. The van der Waals surface area contributed by atoms with Crippen molar-refractivity contribution >= 4 is 13.7 Å². The summed E-state index contributed by atoms with van der Waals surface area (Å²) in [7, 11) is -0.878. The van der Waals surface area contributed by atoms with E-state index in [1.165, 1.54) is 18.1 Å². The Balaban J connectivity index is 2.43. The van der Waals surface area contributed by atoms with Crippen LogP contribution in [0.4, 0.5) is 0 Å². The monoisotopic (exact) mass is 254 g/mol. The number of hydrogen-bond acceptors (Lipinski definition) is 2. The van der Waals surface area contributed by atoms with Gasteiger partial charge in [0.2, 0.25) is 8.38 Å². The molecule has 0 spiro atoms. The van der Waals surface area contributed by atoms with Gasteiger partial charge in [-0.25, -0.2) is 0 Å². The maximum Gasteiger partial charge on any atom is 0.205 e. The highest BCUT2D eigenvalue weighted by atomic mass is 31.2. The Morgan fingerprint density at radius 2 is 1.59 bits per heavy atom. The van der Waals surface area contributed by atoms with Crippen LogP contribution in [-0.2, 0) is 9.05 Å². The molecule has 0 amide bonds. The first-order valence-electron chi connectivity index (χ1n) is 6.49. The fraction of sp³-hybridized carbons (Fsp3) is 0.571. The van der Waals surface area contributed by atoms with Gasteiger partial charge in [0.1, 0.15) is 0 Å². The van der Waals surface area contributed by atoms with E-state index in [0.717, 1.165) is 26.1 Å². The highest BCUT2D eigenvalue weighted by Crippen LogP contribution is 2.37. The van der Waals surface area contributed by atoms with Crippen molar-refractivity contribution in [3.63, 3.8) is 0 Å². The largest absolute Gasteiger partial charge is 0.331 e. The minimum absolute atomic E-state index is 0.772. The van der Waals surface area contributed by atoms with Crippen molar-refractivity contribution < 1.29 is 9.05 Å². The third kappa shape index (κ3) is 6.16. The van der Waals surface area contributed by atoms with Gasteiger partial charge in [-0.2, -0.15) is 0 Å². The Labute approximate surface area is 106 Å². The van der Waals surface area contributed by atoms with Gasteiger partial charge >= 0.3 is 0 Å². The second-order valence-corrected chi connectivity index (χ2v) is 5.51. The zero-order chi connectivity index (χ0) is 12.3. The highest BCUT2D eigenvalue weighted by molar-refractivity contribution is 7.56. The molecule has 0 aliphatic carbocycles. The standard InChI is InChI=1S/C14H23O2P/c1-3-5-9-13-16-17(15-12-4-2)14-10-7-6-8-11-14/h6-8,10-11H,3-5,9,12-13H2,1-2H3. The Hall–Kier alpha value is -0.430. The molecule has 1 aromatic carbocycles. The Kier molecular flexibility index (Phi) is 8.25. The lowest BCUT2D eigenvalue weighted by Gasteiger charge is -2.17. The predicted octanol–water partition coefficient (Wildman–Crippen LogP) is 4.26. The van der Waals surface area contributed by atoms with Gasteiger partial charge in [-0.1, -0.05) is 44.9 Å². The lowest BCUT2D eigenvalue weighted by atomic mass is 10.3. The summed E-state index contributed by atoms with van der Waals surface area (Å²) in [5, 5.41) is 1.17. The third-order valence-electron chi connectivity index (χ3n) is 2.34. The maximum atomic E-state index is 5.87. The molecule has 0 saturated carbocycles. The lowest BCUT2D eigenvalue weighted by Crippen LogP contribution is -2.07. The van der Waals surface area contributed by atoms with Crippen LogP contribution in [0.25, 0.3) is 0 Å². The normalized spacial score (nSPS) is 12.6. The van der Waals surface area contributed by atoms with E-state index >= 15 is 0 Å². The molecule has 0 N–H and O–H groups in total. The van der Waals surface area contributed by atoms with Crippen LogP contribution in [0.2, 0.25) is 0 Å². The summed E-state index contributed by atoms with van der Waals surface area (Å²) < 4.78 is 11.7. The van der Waals surface area contributed by atoms with Crippen LogP contribution in [0.15, 0.2) is 30.3 Å². The number of unbranched alkanes of at least 4 members (excludes halogenated alkanes) is 2. The second kappa shape index (κ2) is 9.58. The number of benzene rings is 1.